The fourth-order valence-electron chi connectivity index (χ4n) is 3.05. The lowest BCUT2D eigenvalue weighted by atomic mass is 9.97. The fourth-order valence-corrected chi connectivity index (χ4v) is 3.05. The van der Waals surface area contributed by atoms with Gasteiger partial charge in [0.15, 0.2) is 0 Å². The number of hydrogen-bond acceptors (Lipinski definition) is 3. The zero-order valence-electron chi connectivity index (χ0n) is 12.7. The first kappa shape index (κ1) is 15.3. The molecule has 0 aliphatic carbocycles. The first-order chi connectivity index (χ1) is 11.1. The van der Waals surface area contributed by atoms with Crippen LogP contribution in [0.5, 0.6) is 0 Å². The van der Waals surface area contributed by atoms with Gasteiger partial charge in [0.2, 0.25) is 0 Å². The molecule has 23 heavy (non-hydrogen) atoms. The normalized spacial score (nSPS) is 21.2. The molecule has 3 rings (SSSR count). The number of rotatable bonds is 3. The number of benzene rings is 1. The molecule has 1 aromatic carbocycles. The molecule has 7 heteroatoms. The molecule has 2 N–H and O–H groups in total. The molecule has 1 atom stereocenters. The fraction of sp³-hybridized carbons (Fsp3) is 0.438. The number of anilines is 1. The van der Waals surface area contributed by atoms with Crippen LogP contribution in [0.1, 0.15) is 23.2 Å². The topological polar surface area (TPSA) is 89.9 Å². The van der Waals surface area contributed by atoms with Crippen LogP contribution in [0.3, 0.4) is 0 Å². The highest BCUT2D eigenvalue weighted by atomic mass is 16.4. The van der Waals surface area contributed by atoms with Crippen molar-refractivity contribution in [2.75, 3.05) is 31.1 Å². The number of nitrogens with one attached hydrogen (secondary N) is 1. The first-order valence-corrected chi connectivity index (χ1v) is 7.74. The Morgan fingerprint density at radius 1 is 1.17 bits per heavy atom. The largest absolute Gasteiger partial charge is 0.481 e. The minimum atomic E-state index is -0.849. The molecule has 2 fully saturated rings. The van der Waals surface area contributed by atoms with Crippen molar-refractivity contribution in [3.8, 4) is 0 Å². The van der Waals surface area contributed by atoms with E-state index in [9.17, 15) is 14.4 Å². The second-order valence-electron chi connectivity index (χ2n) is 5.86. The van der Waals surface area contributed by atoms with Gasteiger partial charge in [-0.05, 0) is 37.1 Å². The maximum atomic E-state index is 12.5. The van der Waals surface area contributed by atoms with Crippen LogP contribution in [0.2, 0.25) is 0 Å². The van der Waals surface area contributed by atoms with Crippen LogP contribution in [-0.4, -0.2) is 54.1 Å². The summed E-state index contributed by atoms with van der Waals surface area (Å²) in [7, 11) is 0. The second kappa shape index (κ2) is 6.28. The van der Waals surface area contributed by atoms with Gasteiger partial charge in [0.05, 0.1) is 5.92 Å². The van der Waals surface area contributed by atoms with E-state index >= 15 is 0 Å². The Morgan fingerprint density at radius 3 is 2.52 bits per heavy atom. The van der Waals surface area contributed by atoms with Gasteiger partial charge < -0.3 is 15.3 Å². The molecule has 0 aromatic heterocycles. The lowest BCUT2D eigenvalue weighted by Gasteiger charge is -2.30. The molecule has 0 radical (unpaired) electrons. The van der Waals surface area contributed by atoms with Crippen LogP contribution in [-0.2, 0) is 4.79 Å². The summed E-state index contributed by atoms with van der Waals surface area (Å²) in [6.07, 6.45) is 1.32. The summed E-state index contributed by atoms with van der Waals surface area (Å²) in [6, 6.07) is 6.74. The number of aliphatic carboxylic acids is 1. The molecule has 0 bridgehead atoms. The summed E-state index contributed by atoms with van der Waals surface area (Å²) in [5.74, 6) is -1.49. The van der Waals surface area contributed by atoms with Crippen LogP contribution in [0, 0.1) is 5.92 Å². The Morgan fingerprint density at radius 2 is 1.91 bits per heavy atom. The van der Waals surface area contributed by atoms with Gasteiger partial charge in [-0.2, -0.15) is 0 Å². The third-order valence-corrected chi connectivity index (χ3v) is 4.34. The highest BCUT2D eigenvalue weighted by molar-refractivity contribution is 5.97. The van der Waals surface area contributed by atoms with E-state index in [2.05, 4.69) is 5.32 Å². The van der Waals surface area contributed by atoms with Gasteiger partial charge in [0.25, 0.3) is 5.91 Å². The summed E-state index contributed by atoms with van der Waals surface area (Å²) >= 11 is 0. The Balaban J connectivity index is 1.70. The second-order valence-corrected chi connectivity index (χ2v) is 5.86. The Hall–Kier alpha value is -2.57. The Labute approximate surface area is 133 Å². The van der Waals surface area contributed by atoms with Crippen molar-refractivity contribution in [3.05, 3.63) is 29.8 Å². The number of hydrogen-bond donors (Lipinski definition) is 2. The highest BCUT2D eigenvalue weighted by Crippen LogP contribution is 2.21. The molecule has 2 aliphatic rings. The average Bonchev–Trinajstić information content (AvgIpc) is 3.00. The van der Waals surface area contributed by atoms with Crippen molar-refractivity contribution in [2.24, 2.45) is 5.92 Å². The molecule has 2 aliphatic heterocycles. The molecule has 2 heterocycles. The molecule has 1 unspecified atom stereocenters. The summed E-state index contributed by atoms with van der Waals surface area (Å²) in [5, 5.41) is 11.8. The standard InChI is InChI=1S/C16H19N3O4/c20-14(18-8-1-2-12(10-18)15(21)22)11-3-5-13(6-4-11)19-9-7-17-16(19)23/h3-6,12H,1-2,7-10H2,(H,17,23)(H,21,22). The minimum Gasteiger partial charge on any atom is -0.481 e. The first-order valence-electron chi connectivity index (χ1n) is 7.74. The van der Waals surface area contributed by atoms with Crippen LogP contribution in [0.4, 0.5) is 10.5 Å². The van der Waals surface area contributed by atoms with Gasteiger partial charge in [0.1, 0.15) is 0 Å². The molecule has 0 spiro atoms. The van der Waals surface area contributed by atoms with Gasteiger partial charge in [-0.15, -0.1) is 0 Å². The molecular formula is C16H19N3O4. The smallest absolute Gasteiger partial charge is 0.321 e. The van der Waals surface area contributed by atoms with E-state index in [-0.39, 0.29) is 18.5 Å². The van der Waals surface area contributed by atoms with Gasteiger partial charge in [-0.3, -0.25) is 14.5 Å². The predicted molar refractivity (Wildman–Crippen MR) is 83.5 cm³/mol. The lowest BCUT2D eigenvalue weighted by molar-refractivity contribution is -0.143. The molecule has 7 nitrogen and oxygen atoms in total. The summed E-state index contributed by atoms with van der Waals surface area (Å²) in [4.78, 5) is 38.4. The quantitative estimate of drug-likeness (QED) is 0.875. The zero-order valence-corrected chi connectivity index (χ0v) is 12.7. The monoisotopic (exact) mass is 317 g/mol. The predicted octanol–water partition coefficient (Wildman–Crippen LogP) is 1.15. The van der Waals surface area contributed by atoms with Crippen molar-refractivity contribution < 1.29 is 19.5 Å². The van der Waals surface area contributed by atoms with Crippen molar-refractivity contribution in [2.45, 2.75) is 12.8 Å². The van der Waals surface area contributed by atoms with Gasteiger partial charge in [-0.1, -0.05) is 0 Å². The molecule has 1 aromatic rings. The zero-order chi connectivity index (χ0) is 16.4. The maximum absolute atomic E-state index is 12.5. The van der Waals surface area contributed by atoms with E-state index in [0.717, 1.165) is 5.69 Å². The van der Waals surface area contributed by atoms with Crippen LogP contribution < -0.4 is 10.2 Å². The number of likely N-dealkylation sites (tertiary alicyclic amines) is 1. The van der Waals surface area contributed by atoms with E-state index < -0.39 is 11.9 Å². The van der Waals surface area contributed by atoms with Crippen LogP contribution in [0.25, 0.3) is 0 Å². The molecule has 2 saturated heterocycles. The number of amides is 3. The number of carboxylic acids is 1. The van der Waals surface area contributed by atoms with Crippen molar-refractivity contribution in [1.29, 1.82) is 0 Å². The lowest BCUT2D eigenvalue weighted by Crippen LogP contribution is -2.42. The number of carboxylic acid groups (broad SMARTS) is 1. The third-order valence-electron chi connectivity index (χ3n) is 4.34. The van der Waals surface area contributed by atoms with Crippen molar-refractivity contribution >= 4 is 23.6 Å². The minimum absolute atomic E-state index is 0.135. The van der Waals surface area contributed by atoms with E-state index in [1.54, 1.807) is 34.1 Å². The van der Waals surface area contributed by atoms with Crippen LogP contribution >= 0.6 is 0 Å². The van der Waals surface area contributed by atoms with Crippen LogP contribution in [0.15, 0.2) is 24.3 Å². The van der Waals surface area contributed by atoms with Gasteiger partial charge in [-0.25, -0.2) is 4.79 Å². The van der Waals surface area contributed by atoms with Gasteiger partial charge in [0, 0.05) is 37.4 Å². The molecule has 122 valence electrons. The number of urea groups is 1. The maximum Gasteiger partial charge on any atom is 0.321 e. The average molecular weight is 317 g/mol. The number of nitrogens with zero attached hydrogens (tertiary/aromatic N) is 2. The number of carbonyl (C=O) groups excluding carboxylic acids is 2. The molecule has 0 saturated carbocycles. The third kappa shape index (κ3) is 3.13. The number of piperidine rings is 1. The van der Waals surface area contributed by atoms with E-state index in [1.165, 1.54) is 0 Å². The molecule has 3 amide bonds. The number of carbonyl (C=O) groups is 3. The Bertz CT molecular complexity index is 629. The van der Waals surface area contributed by atoms with E-state index in [4.69, 9.17) is 5.11 Å². The summed E-state index contributed by atoms with van der Waals surface area (Å²) < 4.78 is 0. The van der Waals surface area contributed by atoms with Crippen molar-refractivity contribution in [1.82, 2.24) is 10.2 Å². The summed E-state index contributed by atoms with van der Waals surface area (Å²) in [6.45, 7) is 2.06. The summed E-state index contributed by atoms with van der Waals surface area (Å²) in [5.41, 5.74) is 1.26. The highest BCUT2D eigenvalue weighted by Gasteiger charge is 2.29. The van der Waals surface area contributed by atoms with Crippen molar-refractivity contribution in [3.63, 3.8) is 0 Å². The van der Waals surface area contributed by atoms with E-state index in [1.807, 2.05) is 0 Å². The molecular weight excluding hydrogens is 298 g/mol. The SMILES string of the molecule is O=C(O)C1CCCN(C(=O)c2ccc(N3CCNC3=O)cc2)C1. The van der Waals surface area contributed by atoms with E-state index in [0.29, 0.717) is 38.0 Å². The Kier molecular flexibility index (Phi) is 4.18. The van der Waals surface area contributed by atoms with Gasteiger partial charge >= 0.3 is 12.0 Å².